The molecule has 0 saturated heterocycles. The Balaban J connectivity index is 1.83. The predicted octanol–water partition coefficient (Wildman–Crippen LogP) is 4.34. The summed E-state index contributed by atoms with van der Waals surface area (Å²) in [4.78, 5) is 9.34. The molecule has 27 heavy (non-hydrogen) atoms. The van der Waals surface area contributed by atoms with Crippen molar-refractivity contribution in [3.8, 4) is 17.1 Å². The third-order valence-electron chi connectivity index (χ3n) is 4.79. The van der Waals surface area contributed by atoms with E-state index < -0.39 is 0 Å². The number of aromatic nitrogens is 3. The molecule has 0 fully saturated rings. The van der Waals surface area contributed by atoms with Gasteiger partial charge in [0.2, 0.25) is 0 Å². The first-order valence-electron chi connectivity index (χ1n) is 8.84. The number of hydrogen-bond acceptors (Lipinski definition) is 2. The molecule has 0 aliphatic heterocycles. The van der Waals surface area contributed by atoms with Crippen LogP contribution in [-0.4, -0.2) is 39.3 Å². The van der Waals surface area contributed by atoms with Crippen LogP contribution >= 0.6 is 0 Å². The molecule has 2 aromatic heterocycles. The topological polar surface area (TPSA) is 30.7 Å². The van der Waals surface area contributed by atoms with Gasteiger partial charge >= 0.3 is 173 Å². The van der Waals surface area contributed by atoms with Gasteiger partial charge in [0.15, 0.2) is 0 Å². The fourth-order valence-corrected chi connectivity index (χ4v) is 4.74. The van der Waals surface area contributed by atoms with Crippen molar-refractivity contribution in [2.24, 2.45) is 0 Å². The molecule has 128 valence electrons. The van der Waals surface area contributed by atoms with Gasteiger partial charge in [-0.15, -0.1) is 0 Å². The molecule has 5 aromatic rings. The molecule has 4 heteroatoms. The SMILES string of the molecule is Cc1c[c]([Bi])nc(-c2ccc3c(c2)c2ccccc2n3-c2ccccc2)n1. The van der Waals surface area contributed by atoms with Gasteiger partial charge in [-0.3, -0.25) is 0 Å². The maximum atomic E-state index is 4.69. The number of benzene rings is 3. The van der Waals surface area contributed by atoms with E-state index in [4.69, 9.17) is 0 Å². The molecule has 0 amide bonds. The fraction of sp³-hybridized carbons (Fsp3) is 0.0435. The predicted molar refractivity (Wildman–Crippen MR) is 112 cm³/mol. The summed E-state index contributed by atoms with van der Waals surface area (Å²) < 4.78 is 3.42. The zero-order valence-corrected chi connectivity index (χ0v) is 18.3. The first-order chi connectivity index (χ1) is 13.2. The summed E-state index contributed by atoms with van der Waals surface area (Å²) in [5.41, 5.74) is 5.66. The Kier molecular flexibility index (Phi) is 4.02. The summed E-state index contributed by atoms with van der Waals surface area (Å²) in [6.07, 6.45) is 0. The standard InChI is InChI=1S/C23H16N3.Bi/c1-16-13-14-24-23(25-16)17-11-12-22-20(15-17)19-9-5-6-10-21(19)26(22)18-7-3-2-4-8-18;/h2-13,15H,1H3;. The fourth-order valence-electron chi connectivity index (χ4n) is 3.65. The molecule has 0 aliphatic rings. The molecule has 2 radical (unpaired) electrons. The van der Waals surface area contributed by atoms with Gasteiger partial charge < -0.3 is 0 Å². The van der Waals surface area contributed by atoms with Crippen LogP contribution in [-0.2, 0) is 0 Å². The normalized spacial score (nSPS) is 11.3. The van der Waals surface area contributed by atoms with E-state index in [0.717, 1.165) is 45.2 Å². The molecule has 0 aliphatic carbocycles. The van der Waals surface area contributed by atoms with Crippen molar-refractivity contribution in [1.82, 2.24) is 14.5 Å². The van der Waals surface area contributed by atoms with Crippen LogP contribution in [0.25, 0.3) is 38.9 Å². The van der Waals surface area contributed by atoms with Crippen LogP contribution < -0.4 is 3.40 Å². The summed E-state index contributed by atoms with van der Waals surface area (Å²) in [7, 11) is 0. The van der Waals surface area contributed by atoms with Crippen LogP contribution in [0.4, 0.5) is 0 Å². The second-order valence-electron chi connectivity index (χ2n) is 6.61. The first kappa shape index (κ1) is 16.6. The number of fused-ring (bicyclic) bond motifs is 3. The summed E-state index contributed by atoms with van der Waals surface area (Å²) in [5, 5.41) is 2.47. The number of aryl methyl sites for hydroxylation is 1. The summed E-state index contributed by atoms with van der Waals surface area (Å²) >= 11 is 1.14. The molecule has 2 heterocycles. The van der Waals surface area contributed by atoms with E-state index in [2.05, 4.69) is 93.4 Å². The zero-order valence-electron chi connectivity index (χ0n) is 14.8. The minimum atomic E-state index is 0.811. The van der Waals surface area contributed by atoms with Crippen LogP contribution in [0.2, 0.25) is 0 Å². The second kappa shape index (κ2) is 6.54. The Hall–Kier alpha value is -2.58. The molecule has 0 bridgehead atoms. The van der Waals surface area contributed by atoms with Crippen LogP contribution in [0.3, 0.4) is 0 Å². The Morgan fingerprint density at radius 3 is 2.30 bits per heavy atom. The second-order valence-corrected chi connectivity index (χ2v) is 8.39. The molecule has 0 saturated carbocycles. The van der Waals surface area contributed by atoms with E-state index in [9.17, 15) is 0 Å². The Labute approximate surface area is 172 Å². The quantitative estimate of drug-likeness (QED) is 0.311. The molecule has 0 unspecified atom stereocenters. The van der Waals surface area contributed by atoms with Gasteiger partial charge in [-0.2, -0.15) is 0 Å². The van der Waals surface area contributed by atoms with Crippen molar-refractivity contribution in [3.05, 3.63) is 84.6 Å². The van der Waals surface area contributed by atoms with E-state index in [-0.39, 0.29) is 0 Å². The van der Waals surface area contributed by atoms with Gasteiger partial charge in [-0.05, 0) is 0 Å². The molecule has 0 N–H and O–H groups in total. The molecule has 0 atom stereocenters. The summed E-state index contributed by atoms with van der Waals surface area (Å²) in [5.74, 6) is 0.811. The van der Waals surface area contributed by atoms with Crippen LogP contribution in [0.1, 0.15) is 5.69 Å². The molecular formula is C23H16BiN3. The van der Waals surface area contributed by atoms with E-state index in [1.165, 1.54) is 27.5 Å². The zero-order chi connectivity index (χ0) is 18.4. The molecule has 3 nitrogen and oxygen atoms in total. The van der Waals surface area contributed by atoms with Crippen molar-refractivity contribution in [3.63, 3.8) is 0 Å². The van der Waals surface area contributed by atoms with Crippen molar-refractivity contribution in [2.45, 2.75) is 6.92 Å². The van der Waals surface area contributed by atoms with Crippen molar-refractivity contribution >= 4 is 49.9 Å². The minimum absolute atomic E-state index is 0.811. The maximum absolute atomic E-state index is 4.69. The van der Waals surface area contributed by atoms with Gasteiger partial charge in [0.1, 0.15) is 0 Å². The van der Waals surface area contributed by atoms with Gasteiger partial charge in [-0.1, -0.05) is 0 Å². The Morgan fingerprint density at radius 2 is 1.48 bits per heavy atom. The third kappa shape index (κ3) is 2.85. The van der Waals surface area contributed by atoms with Gasteiger partial charge in [0.05, 0.1) is 0 Å². The van der Waals surface area contributed by atoms with Crippen molar-refractivity contribution in [1.29, 1.82) is 0 Å². The first-order valence-corrected chi connectivity index (χ1v) is 10.6. The van der Waals surface area contributed by atoms with Crippen LogP contribution in [0, 0.1) is 6.92 Å². The van der Waals surface area contributed by atoms with E-state index in [1.54, 1.807) is 0 Å². The third-order valence-corrected chi connectivity index (χ3v) is 5.68. The van der Waals surface area contributed by atoms with Crippen molar-refractivity contribution in [2.75, 3.05) is 0 Å². The Morgan fingerprint density at radius 1 is 0.741 bits per heavy atom. The average Bonchev–Trinajstić information content (AvgIpc) is 3.01. The average molecular weight is 543 g/mol. The number of nitrogens with zero attached hydrogens (tertiary/aromatic N) is 3. The number of hydrogen-bond donors (Lipinski definition) is 0. The summed E-state index contributed by atoms with van der Waals surface area (Å²) in [6, 6.07) is 27.7. The monoisotopic (exact) mass is 543 g/mol. The number of rotatable bonds is 2. The molecular weight excluding hydrogens is 527 g/mol. The Bertz CT molecular complexity index is 1270. The van der Waals surface area contributed by atoms with Gasteiger partial charge in [0.25, 0.3) is 0 Å². The summed E-state index contributed by atoms with van der Waals surface area (Å²) in [6.45, 7) is 2.03. The molecule has 5 rings (SSSR count). The van der Waals surface area contributed by atoms with Crippen molar-refractivity contribution < 1.29 is 0 Å². The van der Waals surface area contributed by atoms with Crippen LogP contribution in [0.5, 0.6) is 0 Å². The molecule has 3 aromatic carbocycles. The van der Waals surface area contributed by atoms with Gasteiger partial charge in [-0.25, -0.2) is 0 Å². The van der Waals surface area contributed by atoms with E-state index >= 15 is 0 Å². The van der Waals surface area contributed by atoms with E-state index in [0.29, 0.717) is 0 Å². The molecule has 0 spiro atoms. The number of para-hydroxylation sites is 2. The van der Waals surface area contributed by atoms with Crippen LogP contribution in [0.15, 0.2) is 78.9 Å². The van der Waals surface area contributed by atoms with Gasteiger partial charge in [0, 0.05) is 0 Å². The van der Waals surface area contributed by atoms with E-state index in [1.807, 2.05) is 6.92 Å².